The molecule has 5 aromatic rings. The van der Waals surface area contributed by atoms with E-state index < -0.39 is 7.26 Å². The number of benzene rings is 4. The lowest BCUT2D eigenvalue weighted by atomic mass is 10.1. The SMILES string of the molecule is CCSc1oc(-c2ccc(C)cc2)nc1[P+](c1ccccc1)(c1ccccc1)c1ccccc1. The second kappa shape index (κ2) is 10.0. The Bertz CT molecular complexity index is 1250. The van der Waals surface area contributed by atoms with E-state index in [1.165, 1.54) is 21.5 Å². The Hall–Kier alpha value is -3.13. The van der Waals surface area contributed by atoms with Gasteiger partial charge in [0.15, 0.2) is 7.26 Å². The molecule has 168 valence electrons. The molecule has 0 aliphatic carbocycles. The van der Waals surface area contributed by atoms with E-state index in [2.05, 4.69) is 129 Å². The molecule has 0 unspecified atom stereocenters. The summed E-state index contributed by atoms with van der Waals surface area (Å²) < 4.78 is 6.53. The fourth-order valence-corrected chi connectivity index (χ4v) is 9.55. The van der Waals surface area contributed by atoms with Gasteiger partial charge in [-0.05, 0) is 61.2 Å². The average molecular weight is 481 g/mol. The maximum atomic E-state index is 6.53. The Kier molecular flexibility index (Phi) is 6.67. The number of thioether (sulfide) groups is 1. The third-order valence-corrected chi connectivity index (χ3v) is 11.0. The van der Waals surface area contributed by atoms with Crippen molar-refractivity contribution in [3.05, 3.63) is 121 Å². The zero-order valence-electron chi connectivity index (χ0n) is 19.4. The van der Waals surface area contributed by atoms with Crippen LogP contribution < -0.4 is 21.3 Å². The summed E-state index contributed by atoms with van der Waals surface area (Å²) >= 11 is 1.73. The van der Waals surface area contributed by atoms with E-state index in [4.69, 9.17) is 9.40 Å². The summed E-state index contributed by atoms with van der Waals surface area (Å²) in [6.45, 7) is 4.26. The first kappa shape index (κ1) is 22.7. The molecule has 34 heavy (non-hydrogen) atoms. The van der Waals surface area contributed by atoms with Crippen LogP contribution in [0.1, 0.15) is 12.5 Å². The van der Waals surface area contributed by atoms with Crippen molar-refractivity contribution in [1.82, 2.24) is 4.98 Å². The maximum absolute atomic E-state index is 6.53. The van der Waals surface area contributed by atoms with E-state index in [0.29, 0.717) is 5.89 Å². The highest BCUT2D eigenvalue weighted by Crippen LogP contribution is 2.56. The zero-order valence-corrected chi connectivity index (χ0v) is 21.1. The van der Waals surface area contributed by atoms with Gasteiger partial charge >= 0.3 is 0 Å². The number of oxazole rings is 1. The Morgan fingerprint density at radius 2 is 1.15 bits per heavy atom. The second-order valence-electron chi connectivity index (χ2n) is 8.11. The van der Waals surface area contributed by atoms with Crippen molar-refractivity contribution in [3.8, 4) is 11.5 Å². The molecule has 0 N–H and O–H groups in total. The largest absolute Gasteiger partial charge is 0.425 e. The molecular formula is C30H27NOPS+. The lowest BCUT2D eigenvalue weighted by molar-refractivity contribution is 0.487. The topological polar surface area (TPSA) is 26.0 Å². The predicted molar refractivity (Wildman–Crippen MR) is 148 cm³/mol. The summed E-state index contributed by atoms with van der Waals surface area (Å²) in [5.41, 5.74) is 3.26. The number of aromatic nitrogens is 1. The van der Waals surface area contributed by atoms with Gasteiger partial charge in [0.05, 0.1) is 0 Å². The molecule has 0 fully saturated rings. The molecule has 0 amide bonds. The van der Waals surface area contributed by atoms with E-state index in [1.807, 2.05) is 0 Å². The fourth-order valence-electron chi connectivity index (χ4n) is 4.32. The highest BCUT2D eigenvalue weighted by atomic mass is 32.2. The van der Waals surface area contributed by atoms with E-state index in [-0.39, 0.29) is 0 Å². The minimum atomic E-state index is -2.31. The number of rotatable bonds is 7. The van der Waals surface area contributed by atoms with Crippen LogP contribution in [-0.2, 0) is 0 Å². The van der Waals surface area contributed by atoms with Gasteiger partial charge in [0.1, 0.15) is 15.9 Å². The quantitative estimate of drug-likeness (QED) is 0.200. The van der Waals surface area contributed by atoms with Gasteiger partial charge in [-0.15, -0.1) is 0 Å². The smallest absolute Gasteiger partial charge is 0.251 e. The van der Waals surface area contributed by atoms with Crippen molar-refractivity contribution >= 4 is 40.4 Å². The summed E-state index contributed by atoms with van der Waals surface area (Å²) in [5.74, 6) is 1.59. The third kappa shape index (κ3) is 4.11. The Labute approximate surface area is 206 Å². The van der Waals surface area contributed by atoms with Gasteiger partial charge < -0.3 is 4.42 Å². The normalized spacial score (nSPS) is 11.5. The minimum Gasteiger partial charge on any atom is -0.425 e. The first-order valence-corrected chi connectivity index (χ1v) is 14.3. The molecule has 4 aromatic carbocycles. The third-order valence-electron chi connectivity index (χ3n) is 5.90. The maximum Gasteiger partial charge on any atom is 0.251 e. The van der Waals surface area contributed by atoms with Gasteiger partial charge in [0.25, 0.3) is 5.44 Å². The van der Waals surface area contributed by atoms with Crippen LogP contribution in [0, 0.1) is 6.92 Å². The summed E-state index contributed by atoms with van der Waals surface area (Å²) in [6.07, 6.45) is 0. The molecule has 0 spiro atoms. The highest BCUT2D eigenvalue weighted by Gasteiger charge is 2.52. The molecule has 0 aliphatic rings. The van der Waals surface area contributed by atoms with E-state index >= 15 is 0 Å². The summed E-state index contributed by atoms with van der Waals surface area (Å²) in [6, 6.07) is 40.9. The molecule has 5 rings (SSSR count). The molecule has 0 atom stereocenters. The van der Waals surface area contributed by atoms with Crippen LogP contribution in [0.25, 0.3) is 11.5 Å². The minimum absolute atomic E-state index is 0.679. The Morgan fingerprint density at radius 3 is 1.59 bits per heavy atom. The molecule has 0 bridgehead atoms. The van der Waals surface area contributed by atoms with Crippen LogP contribution in [0.2, 0.25) is 0 Å². The molecular weight excluding hydrogens is 453 g/mol. The average Bonchev–Trinajstić information content (AvgIpc) is 3.31. The molecule has 2 nitrogen and oxygen atoms in total. The Balaban J connectivity index is 1.87. The lowest BCUT2D eigenvalue weighted by Gasteiger charge is -2.25. The van der Waals surface area contributed by atoms with Crippen LogP contribution in [0.3, 0.4) is 0 Å². The van der Waals surface area contributed by atoms with Gasteiger partial charge in [-0.2, -0.15) is 4.98 Å². The van der Waals surface area contributed by atoms with Crippen molar-refractivity contribution in [3.63, 3.8) is 0 Å². The second-order valence-corrected chi connectivity index (χ2v) is 12.7. The molecule has 1 heterocycles. The van der Waals surface area contributed by atoms with Gasteiger partial charge in [-0.25, -0.2) is 0 Å². The number of hydrogen-bond acceptors (Lipinski definition) is 3. The van der Waals surface area contributed by atoms with Gasteiger partial charge in [0, 0.05) is 5.56 Å². The lowest BCUT2D eigenvalue weighted by Crippen LogP contribution is -2.40. The summed E-state index contributed by atoms with van der Waals surface area (Å²) in [5, 5.41) is 4.72. The molecule has 0 radical (unpaired) electrons. The Morgan fingerprint density at radius 1 is 0.676 bits per heavy atom. The monoisotopic (exact) mass is 480 g/mol. The van der Waals surface area contributed by atoms with Crippen molar-refractivity contribution in [2.75, 3.05) is 5.75 Å². The molecule has 0 saturated heterocycles. The van der Waals surface area contributed by atoms with Crippen LogP contribution in [0.15, 0.2) is 125 Å². The predicted octanol–water partition coefficient (Wildman–Crippen LogP) is 6.38. The summed E-state index contributed by atoms with van der Waals surface area (Å²) in [4.78, 5) is 5.29. The van der Waals surface area contributed by atoms with Crippen molar-refractivity contribution in [2.45, 2.75) is 18.9 Å². The van der Waals surface area contributed by atoms with Crippen LogP contribution in [0.4, 0.5) is 0 Å². The van der Waals surface area contributed by atoms with Crippen molar-refractivity contribution in [1.29, 1.82) is 0 Å². The molecule has 0 aliphatic heterocycles. The standard InChI is InChI=1S/C30H27NOPS/c1-3-34-30-29(31-28(32-30)24-21-19-23(2)20-22-24)33(25-13-7-4-8-14-25,26-15-9-5-10-16-26)27-17-11-6-12-18-27/h4-22H,3H2,1-2H3/q+1. The summed E-state index contributed by atoms with van der Waals surface area (Å²) in [7, 11) is -2.31. The van der Waals surface area contributed by atoms with E-state index in [0.717, 1.165) is 21.8 Å². The molecule has 0 saturated carbocycles. The van der Waals surface area contributed by atoms with Gasteiger partial charge in [-0.1, -0.05) is 91.0 Å². The number of nitrogens with zero attached hydrogens (tertiary/aromatic N) is 1. The zero-order chi connectivity index (χ0) is 23.4. The highest BCUT2D eigenvalue weighted by molar-refractivity contribution is 8.04. The van der Waals surface area contributed by atoms with E-state index in [1.54, 1.807) is 11.8 Å². The molecule has 4 heteroatoms. The van der Waals surface area contributed by atoms with Crippen molar-refractivity contribution in [2.24, 2.45) is 0 Å². The number of hydrogen-bond donors (Lipinski definition) is 0. The first-order chi connectivity index (χ1) is 16.7. The van der Waals surface area contributed by atoms with Crippen LogP contribution >= 0.6 is 19.0 Å². The fraction of sp³-hybridized carbons (Fsp3) is 0.100. The van der Waals surface area contributed by atoms with Crippen LogP contribution in [-0.4, -0.2) is 10.7 Å². The van der Waals surface area contributed by atoms with Crippen molar-refractivity contribution < 1.29 is 4.42 Å². The molecule has 1 aromatic heterocycles. The first-order valence-electron chi connectivity index (χ1n) is 11.5. The van der Waals surface area contributed by atoms with Crippen LogP contribution in [0.5, 0.6) is 0 Å². The number of aryl methyl sites for hydroxylation is 1. The van der Waals surface area contributed by atoms with E-state index in [9.17, 15) is 0 Å². The van der Waals surface area contributed by atoms with Gasteiger partial charge in [0.2, 0.25) is 11.0 Å². The van der Waals surface area contributed by atoms with Gasteiger partial charge in [-0.3, -0.25) is 0 Å².